The van der Waals surface area contributed by atoms with Gasteiger partial charge in [-0.05, 0) is 55.0 Å². The van der Waals surface area contributed by atoms with Gasteiger partial charge < -0.3 is 14.2 Å². The zero-order valence-corrected chi connectivity index (χ0v) is 21.2. The number of aromatic nitrogens is 1. The van der Waals surface area contributed by atoms with Crippen molar-refractivity contribution in [3.05, 3.63) is 84.1 Å². The average molecular weight is 521 g/mol. The van der Waals surface area contributed by atoms with Gasteiger partial charge in [-0.2, -0.15) is 0 Å². The number of ether oxygens (including phenoxy) is 3. The Labute approximate surface area is 213 Å². The summed E-state index contributed by atoms with van der Waals surface area (Å²) in [5.41, 5.74) is 1.88. The van der Waals surface area contributed by atoms with Gasteiger partial charge >= 0.3 is 5.97 Å². The Hall–Kier alpha value is -4.31. The number of carbonyl (C=O) groups excluding carboxylic acids is 2. The van der Waals surface area contributed by atoms with Crippen LogP contribution in [0.25, 0.3) is 10.9 Å². The second-order valence-electron chi connectivity index (χ2n) is 8.55. The van der Waals surface area contributed by atoms with E-state index in [1.165, 1.54) is 41.4 Å². The molecule has 0 amide bonds. The minimum absolute atomic E-state index is 0.0484. The molecule has 0 saturated heterocycles. The molecular weight excluding hydrogens is 496 g/mol. The maximum atomic E-state index is 13.8. The van der Waals surface area contributed by atoms with Crippen molar-refractivity contribution in [3.63, 3.8) is 0 Å². The monoisotopic (exact) mass is 520 g/mol. The molecule has 1 atom stereocenters. The summed E-state index contributed by atoms with van der Waals surface area (Å²) in [7, 11) is -1.29. The number of carbonyl (C=O) groups is 2. The molecule has 3 aromatic carbocycles. The Morgan fingerprint density at radius 2 is 1.73 bits per heavy atom. The van der Waals surface area contributed by atoms with Crippen molar-refractivity contribution in [2.45, 2.75) is 17.9 Å². The van der Waals surface area contributed by atoms with Gasteiger partial charge in [0.2, 0.25) is 0 Å². The first-order chi connectivity index (χ1) is 17.7. The number of hydrogen-bond acceptors (Lipinski definition) is 7. The van der Waals surface area contributed by atoms with Crippen LogP contribution in [0.3, 0.4) is 0 Å². The van der Waals surface area contributed by atoms with Crippen LogP contribution in [0.5, 0.6) is 11.5 Å². The van der Waals surface area contributed by atoms with E-state index < -0.39 is 28.0 Å². The smallest absolute Gasteiger partial charge is 0.340 e. The van der Waals surface area contributed by atoms with Crippen LogP contribution in [0, 0.1) is 6.92 Å². The van der Waals surface area contributed by atoms with E-state index in [1.54, 1.807) is 54.6 Å². The van der Waals surface area contributed by atoms with Crippen LogP contribution in [0.2, 0.25) is 0 Å². The lowest BCUT2D eigenvalue weighted by atomic mass is 10.1. The third-order valence-electron chi connectivity index (χ3n) is 6.26. The number of rotatable bonds is 5. The largest absolute Gasteiger partial charge is 0.497 e. The summed E-state index contributed by atoms with van der Waals surface area (Å²) < 4.78 is 46.0. The molecule has 2 heterocycles. The van der Waals surface area contributed by atoms with Crippen LogP contribution in [-0.4, -0.2) is 51.7 Å². The summed E-state index contributed by atoms with van der Waals surface area (Å²) in [6, 6.07) is 18.1. The molecule has 4 aromatic rings. The SMILES string of the molecule is COC(=O)c1cn(C(=O)[C@@H]2CN(S(=O)(=O)c3ccc(OC)cc3)c3ccc(C)cc3O2)c2ccccc12. The molecule has 0 fully saturated rings. The lowest BCUT2D eigenvalue weighted by Gasteiger charge is -2.35. The number of fused-ring (bicyclic) bond motifs is 2. The van der Waals surface area contributed by atoms with Crippen molar-refractivity contribution < 1.29 is 32.2 Å². The molecule has 0 bridgehead atoms. The number of benzene rings is 3. The molecule has 1 aliphatic heterocycles. The van der Waals surface area contributed by atoms with E-state index in [-0.39, 0.29) is 22.8 Å². The number of esters is 1. The highest BCUT2D eigenvalue weighted by molar-refractivity contribution is 7.92. The molecule has 0 saturated carbocycles. The summed E-state index contributed by atoms with van der Waals surface area (Å²) >= 11 is 0. The maximum Gasteiger partial charge on any atom is 0.340 e. The van der Waals surface area contributed by atoms with Crippen molar-refractivity contribution in [2.24, 2.45) is 0 Å². The maximum absolute atomic E-state index is 13.8. The summed E-state index contributed by atoms with van der Waals surface area (Å²) in [5.74, 6) is -0.317. The fourth-order valence-electron chi connectivity index (χ4n) is 4.38. The molecular formula is C27H24N2O7S. The first-order valence-corrected chi connectivity index (χ1v) is 12.9. The minimum Gasteiger partial charge on any atom is -0.497 e. The van der Waals surface area contributed by atoms with Crippen molar-refractivity contribution in [2.75, 3.05) is 25.1 Å². The minimum atomic E-state index is -4.05. The van der Waals surface area contributed by atoms with Crippen molar-refractivity contribution in [1.82, 2.24) is 4.57 Å². The fraction of sp³-hybridized carbons (Fsp3) is 0.185. The highest BCUT2D eigenvalue weighted by Gasteiger charge is 2.38. The first kappa shape index (κ1) is 24.4. The van der Waals surface area contributed by atoms with Crippen molar-refractivity contribution >= 4 is 38.5 Å². The van der Waals surface area contributed by atoms with Crippen molar-refractivity contribution in [1.29, 1.82) is 0 Å². The van der Waals surface area contributed by atoms with Gasteiger partial charge in [0.15, 0.2) is 6.10 Å². The fourth-order valence-corrected chi connectivity index (χ4v) is 5.86. The third kappa shape index (κ3) is 4.19. The number of nitrogens with zero attached hydrogens (tertiary/aromatic N) is 2. The number of methoxy groups -OCH3 is 2. The number of anilines is 1. The second kappa shape index (κ2) is 9.29. The van der Waals surface area contributed by atoms with E-state index in [4.69, 9.17) is 14.2 Å². The molecule has 5 rings (SSSR count). The van der Waals surface area contributed by atoms with E-state index in [0.29, 0.717) is 22.3 Å². The van der Waals surface area contributed by atoms with Gasteiger partial charge in [-0.15, -0.1) is 0 Å². The van der Waals surface area contributed by atoms with Crippen LogP contribution in [-0.2, 0) is 14.8 Å². The lowest BCUT2D eigenvalue weighted by molar-refractivity contribution is 0.0602. The summed E-state index contributed by atoms with van der Waals surface area (Å²) in [4.78, 5) is 26.2. The van der Waals surface area contributed by atoms with Crippen LogP contribution >= 0.6 is 0 Å². The van der Waals surface area contributed by atoms with Gasteiger partial charge in [0.05, 0.1) is 42.4 Å². The van der Waals surface area contributed by atoms with Gasteiger partial charge in [-0.3, -0.25) is 13.7 Å². The van der Waals surface area contributed by atoms with Gasteiger partial charge in [0.1, 0.15) is 11.5 Å². The van der Waals surface area contributed by atoms with Crippen molar-refractivity contribution in [3.8, 4) is 11.5 Å². The number of aryl methyl sites for hydroxylation is 1. The molecule has 0 aliphatic carbocycles. The molecule has 0 unspecified atom stereocenters. The predicted molar refractivity (Wildman–Crippen MR) is 137 cm³/mol. The Balaban J connectivity index is 1.59. The molecule has 1 aliphatic rings. The van der Waals surface area contributed by atoms with Crippen LogP contribution < -0.4 is 13.8 Å². The van der Waals surface area contributed by atoms with E-state index in [0.717, 1.165) is 5.56 Å². The lowest BCUT2D eigenvalue weighted by Crippen LogP contribution is -2.48. The van der Waals surface area contributed by atoms with E-state index in [2.05, 4.69) is 0 Å². The van der Waals surface area contributed by atoms with Crippen LogP contribution in [0.15, 0.2) is 77.8 Å². The Kier molecular flexibility index (Phi) is 6.12. The topological polar surface area (TPSA) is 104 Å². The Morgan fingerprint density at radius 3 is 2.43 bits per heavy atom. The molecule has 0 spiro atoms. The molecule has 9 nitrogen and oxygen atoms in total. The Bertz CT molecular complexity index is 1620. The molecule has 0 N–H and O–H groups in total. The van der Waals surface area contributed by atoms with Gasteiger partial charge in [-0.1, -0.05) is 24.3 Å². The standard InChI is InChI=1S/C27H24N2O7S/c1-17-8-13-23-24(14-17)36-25(16-29(23)37(32,33)19-11-9-18(34-2)10-12-19)26(30)28-15-21(27(31)35-3)20-6-4-5-7-22(20)28/h4-15,25H,16H2,1-3H3/t25-/m0/s1. The zero-order chi connectivity index (χ0) is 26.3. The van der Waals surface area contributed by atoms with Crippen LogP contribution in [0.4, 0.5) is 5.69 Å². The number of hydrogen-bond donors (Lipinski definition) is 0. The zero-order valence-electron chi connectivity index (χ0n) is 20.4. The van der Waals surface area contributed by atoms with E-state index >= 15 is 0 Å². The third-order valence-corrected chi connectivity index (χ3v) is 8.06. The highest BCUT2D eigenvalue weighted by Crippen LogP contribution is 2.38. The second-order valence-corrected chi connectivity index (χ2v) is 10.4. The molecule has 0 radical (unpaired) electrons. The average Bonchev–Trinajstić information content (AvgIpc) is 3.31. The van der Waals surface area contributed by atoms with E-state index in [1.807, 2.05) is 6.92 Å². The van der Waals surface area contributed by atoms with Gasteiger partial charge in [-0.25, -0.2) is 13.2 Å². The van der Waals surface area contributed by atoms with Gasteiger partial charge in [0.25, 0.3) is 15.9 Å². The molecule has 37 heavy (non-hydrogen) atoms. The predicted octanol–water partition coefficient (Wildman–Crippen LogP) is 4.04. The molecule has 190 valence electrons. The van der Waals surface area contributed by atoms with Crippen LogP contribution in [0.1, 0.15) is 20.7 Å². The molecule has 1 aromatic heterocycles. The first-order valence-electron chi connectivity index (χ1n) is 11.4. The Morgan fingerprint density at radius 1 is 1.00 bits per heavy atom. The quantitative estimate of drug-likeness (QED) is 0.366. The highest BCUT2D eigenvalue weighted by atomic mass is 32.2. The normalized spacial score (nSPS) is 15.1. The summed E-state index contributed by atoms with van der Waals surface area (Å²) in [6.07, 6.45) is 0.222. The van der Waals surface area contributed by atoms with Gasteiger partial charge in [0, 0.05) is 11.6 Å². The summed E-state index contributed by atoms with van der Waals surface area (Å²) in [5, 5.41) is 0.539. The molecule has 10 heteroatoms. The number of sulfonamides is 1. The summed E-state index contributed by atoms with van der Waals surface area (Å²) in [6.45, 7) is 1.59. The number of para-hydroxylation sites is 1. The van der Waals surface area contributed by atoms with E-state index in [9.17, 15) is 18.0 Å².